The average Bonchev–Trinajstić information content (AvgIpc) is 2.82. The molecule has 3 heteroatoms. The van der Waals surface area contributed by atoms with Crippen molar-refractivity contribution in [3.63, 3.8) is 0 Å². The van der Waals surface area contributed by atoms with Crippen molar-refractivity contribution < 1.29 is 0 Å². The Kier molecular flexibility index (Phi) is 3.41. The molecule has 0 radical (unpaired) electrons. The number of nitrogens with zero attached hydrogens (tertiary/aromatic N) is 2. The van der Waals surface area contributed by atoms with E-state index in [2.05, 4.69) is 36.1 Å². The van der Waals surface area contributed by atoms with Gasteiger partial charge in [0.25, 0.3) is 0 Å². The molecule has 1 N–H and O–H groups in total. The second-order valence-corrected chi connectivity index (χ2v) is 7.24. The van der Waals surface area contributed by atoms with Crippen molar-refractivity contribution in [2.45, 2.75) is 32.2 Å². The van der Waals surface area contributed by atoms with Crippen LogP contribution in [0, 0.1) is 17.3 Å². The van der Waals surface area contributed by atoms with Gasteiger partial charge in [0.05, 0.1) is 0 Å². The average molecular weight is 251 g/mol. The smallest absolute Gasteiger partial charge is 0.0254 e. The summed E-state index contributed by atoms with van der Waals surface area (Å²) in [5.41, 5.74) is 0.755. The van der Waals surface area contributed by atoms with Crippen LogP contribution in [-0.2, 0) is 0 Å². The minimum Gasteiger partial charge on any atom is -0.317 e. The molecule has 2 heterocycles. The molecular formula is C15H29N3. The van der Waals surface area contributed by atoms with E-state index in [-0.39, 0.29) is 0 Å². The highest BCUT2D eigenvalue weighted by atomic mass is 15.2. The third-order valence-corrected chi connectivity index (χ3v) is 5.75. The third kappa shape index (κ3) is 2.33. The molecule has 2 aliphatic heterocycles. The maximum absolute atomic E-state index is 3.50. The van der Waals surface area contributed by atoms with E-state index in [9.17, 15) is 0 Å². The summed E-state index contributed by atoms with van der Waals surface area (Å²) < 4.78 is 0. The van der Waals surface area contributed by atoms with Crippen LogP contribution in [0.4, 0.5) is 0 Å². The molecule has 3 aliphatic rings. The summed E-state index contributed by atoms with van der Waals surface area (Å²) >= 11 is 0. The number of likely N-dealkylation sites (N-methyl/N-ethyl adjacent to an activating group) is 1. The number of piperidine rings is 1. The Morgan fingerprint density at radius 3 is 2.56 bits per heavy atom. The van der Waals surface area contributed by atoms with Crippen LogP contribution >= 0.6 is 0 Å². The van der Waals surface area contributed by atoms with E-state index in [4.69, 9.17) is 0 Å². The van der Waals surface area contributed by atoms with Crippen molar-refractivity contribution in [1.29, 1.82) is 0 Å². The molecule has 0 aromatic carbocycles. The highest BCUT2D eigenvalue weighted by Gasteiger charge is 2.54. The highest BCUT2D eigenvalue weighted by molar-refractivity contribution is 5.06. The Labute approximate surface area is 112 Å². The minimum atomic E-state index is 0.755. The Balaban J connectivity index is 1.50. The largest absolute Gasteiger partial charge is 0.317 e. The quantitative estimate of drug-likeness (QED) is 0.815. The first kappa shape index (κ1) is 12.9. The number of nitrogens with one attached hydrogen (secondary N) is 1. The van der Waals surface area contributed by atoms with Gasteiger partial charge >= 0.3 is 0 Å². The Morgan fingerprint density at radius 1 is 1.22 bits per heavy atom. The lowest BCUT2D eigenvalue weighted by Gasteiger charge is -2.25. The van der Waals surface area contributed by atoms with Crippen LogP contribution in [0.2, 0.25) is 0 Å². The minimum absolute atomic E-state index is 0.755. The van der Waals surface area contributed by atoms with Crippen molar-refractivity contribution in [2.75, 3.05) is 46.8 Å². The van der Waals surface area contributed by atoms with Gasteiger partial charge in [0.2, 0.25) is 0 Å². The Hall–Kier alpha value is -0.120. The lowest BCUT2D eigenvalue weighted by atomic mass is 9.92. The fraction of sp³-hybridized carbons (Fsp3) is 1.00. The normalized spacial score (nSPS) is 39.7. The van der Waals surface area contributed by atoms with Gasteiger partial charge in [-0.05, 0) is 63.7 Å². The molecule has 0 amide bonds. The van der Waals surface area contributed by atoms with E-state index >= 15 is 0 Å². The van der Waals surface area contributed by atoms with Crippen LogP contribution in [-0.4, -0.2) is 62.7 Å². The predicted octanol–water partition coefficient (Wildman–Crippen LogP) is 1.26. The second kappa shape index (κ2) is 4.77. The molecule has 0 bridgehead atoms. The maximum atomic E-state index is 3.50. The van der Waals surface area contributed by atoms with E-state index in [0.29, 0.717) is 0 Å². The lowest BCUT2D eigenvalue weighted by molar-refractivity contribution is 0.236. The summed E-state index contributed by atoms with van der Waals surface area (Å²) in [7, 11) is 4.46. The van der Waals surface area contributed by atoms with Gasteiger partial charge in [-0.3, -0.25) is 0 Å². The Morgan fingerprint density at radius 2 is 1.94 bits per heavy atom. The van der Waals surface area contributed by atoms with E-state index in [1.54, 1.807) is 0 Å². The standard InChI is InChI=1S/C15H29N3/c1-12-9-18(11-14(12)17(2)3)10-13-8-15(13)4-6-16-7-5-15/h12-14,16H,4-11H2,1-3H3. The van der Waals surface area contributed by atoms with Crippen molar-refractivity contribution in [1.82, 2.24) is 15.1 Å². The first-order valence-electron chi connectivity index (χ1n) is 7.70. The van der Waals surface area contributed by atoms with Crippen LogP contribution in [0.3, 0.4) is 0 Å². The summed E-state index contributed by atoms with van der Waals surface area (Å²) in [6.45, 7) is 8.90. The first-order valence-corrected chi connectivity index (χ1v) is 7.70. The molecule has 0 aromatic rings. The van der Waals surface area contributed by atoms with Gasteiger partial charge in [-0.15, -0.1) is 0 Å². The number of likely N-dealkylation sites (tertiary alicyclic amines) is 1. The van der Waals surface area contributed by atoms with Crippen molar-refractivity contribution in [3.05, 3.63) is 0 Å². The summed E-state index contributed by atoms with van der Waals surface area (Å²) in [6, 6.07) is 0.771. The van der Waals surface area contributed by atoms with E-state index in [1.165, 1.54) is 52.0 Å². The molecule has 104 valence electrons. The lowest BCUT2D eigenvalue weighted by Crippen LogP contribution is -2.35. The van der Waals surface area contributed by atoms with Crippen molar-refractivity contribution in [3.8, 4) is 0 Å². The molecule has 3 unspecified atom stereocenters. The van der Waals surface area contributed by atoms with Crippen LogP contribution in [0.25, 0.3) is 0 Å². The molecule has 3 fully saturated rings. The van der Waals surface area contributed by atoms with Gasteiger partial charge in [0.1, 0.15) is 0 Å². The molecule has 3 nitrogen and oxygen atoms in total. The van der Waals surface area contributed by atoms with Crippen molar-refractivity contribution >= 4 is 0 Å². The van der Waals surface area contributed by atoms with Gasteiger partial charge < -0.3 is 15.1 Å². The number of rotatable bonds is 3. The van der Waals surface area contributed by atoms with Gasteiger partial charge in [-0.2, -0.15) is 0 Å². The zero-order valence-corrected chi connectivity index (χ0v) is 12.3. The Bertz CT molecular complexity index is 296. The van der Waals surface area contributed by atoms with E-state index in [0.717, 1.165) is 23.3 Å². The number of hydrogen-bond acceptors (Lipinski definition) is 3. The molecular weight excluding hydrogens is 222 g/mol. The highest BCUT2D eigenvalue weighted by Crippen LogP contribution is 2.58. The van der Waals surface area contributed by atoms with E-state index < -0.39 is 0 Å². The third-order valence-electron chi connectivity index (χ3n) is 5.75. The summed E-state index contributed by atoms with van der Waals surface area (Å²) in [6.07, 6.45) is 4.36. The predicted molar refractivity (Wildman–Crippen MR) is 75.7 cm³/mol. The van der Waals surface area contributed by atoms with Gasteiger partial charge in [-0.25, -0.2) is 0 Å². The van der Waals surface area contributed by atoms with Gasteiger partial charge in [-0.1, -0.05) is 6.92 Å². The maximum Gasteiger partial charge on any atom is 0.0254 e. The first-order chi connectivity index (χ1) is 8.61. The molecule has 1 aliphatic carbocycles. The van der Waals surface area contributed by atoms with Crippen LogP contribution < -0.4 is 5.32 Å². The summed E-state index contributed by atoms with van der Waals surface area (Å²) in [5, 5.41) is 3.50. The van der Waals surface area contributed by atoms with Gasteiger partial charge in [0.15, 0.2) is 0 Å². The molecule has 1 spiro atoms. The molecule has 2 saturated heterocycles. The molecule has 3 atom stereocenters. The zero-order chi connectivity index (χ0) is 12.8. The molecule has 18 heavy (non-hydrogen) atoms. The number of hydrogen-bond donors (Lipinski definition) is 1. The zero-order valence-electron chi connectivity index (χ0n) is 12.3. The van der Waals surface area contributed by atoms with Crippen LogP contribution in [0.1, 0.15) is 26.2 Å². The SMILES string of the molecule is CC1CN(CC2CC23CCNCC3)CC1N(C)C. The van der Waals surface area contributed by atoms with Crippen LogP contribution in [0.15, 0.2) is 0 Å². The second-order valence-electron chi connectivity index (χ2n) is 7.24. The topological polar surface area (TPSA) is 18.5 Å². The monoisotopic (exact) mass is 251 g/mol. The van der Waals surface area contributed by atoms with Crippen LogP contribution in [0.5, 0.6) is 0 Å². The van der Waals surface area contributed by atoms with Crippen molar-refractivity contribution in [2.24, 2.45) is 17.3 Å². The van der Waals surface area contributed by atoms with E-state index in [1.807, 2.05) is 0 Å². The molecule has 0 aromatic heterocycles. The molecule has 3 rings (SSSR count). The van der Waals surface area contributed by atoms with Gasteiger partial charge in [0, 0.05) is 25.7 Å². The summed E-state index contributed by atoms with van der Waals surface area (Å²) in [5.74, 6) is 1.84. The fourth-order valence-electron chi connectivity index (χ4n) is 4.41. The fourth-order valence-corrected chi connectivity index (χ4v) is 4.41. The summed E-state index contributed by atoms with van der Waals surface area (Å²) in [4.78, 5) is 5.15. The molecule has 1 saturated carbocycles.